The minimum atomic E-state index is -2.17. The molecule has 5 rings (SSSR count). The molecule has 1 aromatic rings. The number of carbonyl (C=O) groups excluding carboxylic acids is 4. The van der Waals surface area contributed by atoms with Gasteiger partial charge in [0.05, 0.1) is 29.6 Å². The molecule has 2 bridgehead atoms. The molecule has 9 atom stereocenters. The van der Waals surface area contributed by atoms with Crippen molar-refractivity contribution in [2.24, 2.45) is 16.7 Å². The largest absolute Gasteiger partial charge is 0.455 e. The summed E-state index contributed by atoms with van der Waals surface area (Å²) in [4.78, 5) is 53.3. The molecule has 4 aliphatic rings. The average molecular weight is 589 g/mol. The van der Waals surface area contributed by atoms with Crippen LogP contribution in [0, 0.1) is 16.7 Å². The van der Waals surface area contributed by atoms with Gasteiger partial charge in [0, 0.05) is 32.1 Å². The van der Waals surface area contributed by atoms with Crippen molar-refractivity contribution in [2.45, 2.75) is 96.2 Å². The quantitative estimate of drug-likeness (QED) is 0.306. The zero-order chi connectivity index (χ0) is 31.0. The minimum absolute atomic E-state index is 0.102. The van der Waals surface area contributed by atoms with Crippen LogP contribution in [-0.4, -0.2) is 82.3 Å². The fraction of sp³-hybridized carbons (Fsp3) is 0.613. The van der Waals surface area contributed by atoms with E-state index in [2.05, 4.69) is 0 Å². The summed E-state index contributed by atoms with van der Waals surface area (Å²) in [6.07, 6.45) is -8.35. The van der Waals surface area contributed by atoms with E-state index in [1.54, 1.807) is 39.0 Å². The molecule has 2 N–H and O–H groups in total. The molecule has 3 fully saturated rings. The lowest BCUT2D eigenvalue weighted by atomic mass is 9.45. The van der Waals surface area contributed by atoms with Crippen molar-refractivity contribution in [2.75, 3.05) is 6.61 Å². The van der Waals surface area contributed by atoms with E-state index in [4.69, 9.17) is 18.9 Å². The molecule has 42 heavy (non-hydrogen) atoms. The smallest absolute Gasteiger partial charge is 0.338 e. The third-order valence-corrected chi connectivity index (χ3v) is 10.1. The molecule has 3 aliphatic carbocycles. The van der Waals surface area contributed by atoms with Gasteiger partial charge in [0.2, 0.25) is 0 Å². The van der Waals surface area contributed by atoms with Gasteiger partial charge in [0.15, 0.2) is 17.5 Å². The molecule has 0 amide bonds. The van der Waals surface area contributed by atoms with Crippen LogP contribution in [0.2, 0.25) is 0 Å². The Morgan fingerprint density at radius 1 is 1.05 bits per heavy atom. The Morgan fingerprint density at radius 2 is 1.69 bits per heavy atom. The lowest BCUT2D eigenvalue weighted by Gasteiger charge is -2.67. The van der Waals surface area contributed by atoms with Gasteiger partial charge < -0.3 is 29.2 Å². The number of Topliss-reactive ketones (excluding diaryl/α,β-unsaturated/α-hetero) is 1. The third-order valence-electron chi connectivity index (χ3n) is 10.1. The van der Waals surface area contributed by atoms with Gasteiger partial charge in [-0.3, -0.25) is 14.4 Å². The number of ketones is 1. The van der Waals surface area contributed by atoms with Crippen LogP contribution in [0.5, 0.6) is 0 Å². The highest BCUT2D eigenvalue weighted by atomic mass is 19.1. The highest BCUT2D eigenvalue weighted by molar-refractivity contribution is 5.95. The Balaban J connectivity index is 1.84. The number of halogens is 1. The van der Waals surface area contributed by atoms with Crippen molar-refractivity contribution in [3.63, 3.8) is 0 Å². The first-order valence-electron chi connectivity index (χ1n) is 14.1. The monoisotopic (exact) mass is 588 g/mol. The van der Waals surface area contributed by atoms with Crippen molar-refractivity contribution in [3.05, 3.63) is 47.0 Å². The SMILES string of the molecule is CC(=O)O[C@H]1C(=O)[C@]2(C)C(F)C[C@H]3OC[C@@]3(OC(C)=O)C2C(OC(=O)c2ccccc2)[C@]2(O)C[C@H](O)C(C)=C1C2(C)C. The molecule has 0 radical (unpaired) electrons. The molecule has 1 heterocycles. The highest BCUT2D eigenvalue weighted by Gasteiger charge is 2.78. The van der Waals surface area contributed by atoms with Crippen LogP contribution >= 0.6 is 0 Å². The van der Waals surface area contributed by atoms with Crippen molar-refractivity contribution in [3.8, 4) is 0 Å². The van der Waals surface area contributed by atoms with Crippen LogP contribution in [0.3, 0.4) is 0 Å². The normalized spacial score (nSPS) is 40.4. The maximum Gasteiger partial charge on any atom is 0.338 e. The summed E-state index contributed by atoms with van der Waals surface area (Å²) in [6, 6.07) is 7.94. The van der Waals surface area contributed by atoms with Crippen molar-refractivity contribution in [1.29, 1.82) is 0 Å². The number of benzene rings is 1. The van der Waals surface area contributed by atoms with E-state index >= 15 is 4.39 Å². The molecule has 2 saturated carbocycles. The van der Waals surface area contributed by atoms with Crippen LogP contribution in [-0.2, 0) is 33.3 Å². The average Bonchev–Trinajstić information content (AvgIpc) is 2.90. The van der Waals surface area contributed by atoms with E-state index in [1.807, 2.05) is 0 Å². The molecule has 10 nitrogen and oxygen atoms in total. The number of esters is 3. The minimum Gasteiger partial charge on any atom is -0.455 e. The van der Waals surface area contributed by atoms with Crippen LogP contribution in [0.4, 0.5) is 4.39 Å². The Bertz CT molecular complexity index is 1360. The molecule has 0 aromatic heterocycles. The zero-order valence-electron chi connectivity index (χ0n) is 24.5. The van der Waals surface area contributed by atoms with Gasteiger partial charge >= 0.3 is 17.9 Å². The Hall–Kier alpha value is -3.15. The number of aliphatic hydroxyl groups is 2. The third kappa shape index (κ3) is 4.07. The molecule has 1 aliphatic heterocycles. The predicted octanol–water partition coefficient (Wildman–Crippen LogP) is 2.63. The number of hydrogen-bond acceptors (Lipinski definition) is 10. The summed E-state index contributed by atoms with van der Waals surface area (Å²) >= 11 is 0. The van der Waals surface area contributed by atoms with Crippen LogP contribution in [0.15, 0.2) is 41.5 Å². The maximum absolute atomic E-state index is 16.6. The van der Waals surface area contributed by atoms with Gasteiger partial charge in [-0.05, 0) is 37.1 Å². The summed E-state index contributed by atoms with van der Waals surface area (Å²) in [7, 11) is 0. The van der Waals surface area contributed by atoms with Gasteiger partial charge in [-0.1, -0.05) is 32.0 Å². The van der Waals surface area contributed by atoms with Gasteiger partial charge in [0.25, 0.3) is 0 Å². The molecular formula is C31H37FO10. The second-order valence-electron chi connectivity index (χ2n) is 12.7. The van der Waals surface area contributed by atoms with Gasteiger partial charge in [0.1, 0.15) is 24.0 Å². The molecular weight excluding hydrogens is 551 g/mol. The van der Waals surface area contributed by atoms with E-state index in [9.17, 15) is 29.4 Å². The lowest BCUT2D eigenvalue weighted by molar-refractivity contribution is -0.341. The van der Waals surface area contributed by atoms with Gasteiger partial charge in [-0.15, -0.1) is 0 Å². The summed E-state index contributed by atoms with van der Waals surface area (Å²) in [5.74, 6) is -4.78. The summed E-state index contributed by atoms with van der Waals surface area (Å²) in [6.45, 7) is 8.08. The van der Waals surface area contributed by atoms with E-state index < -0.39 is 82.2 Å². The highest BCUT2D eigenvalue weighted by Crippen LogP contribution is 2.64. The van der Waals surface area contributed by atoms with Crippen LogP contribution in [0.1, 0.15) is 64.7 Å². The van der Waals surface area contributed by atoms with Gasteiger partial charge in [-0.2, -0.15) is 0 Å². The Morgan fingerprint density at radius 3 is 2.24 bits per heavy atom. The Labute approximate surface area is 243 Å². The predicted molar refractivity (Wildman–Crippen MR) is 144 cm³/mol. The van der Waals surface area contributed by atoms with E-state index in [0.717, 1.165) is 13.8 Å². The first-order valence-corrected chi connectivity index (χ1v) is 14.1. The molecule has 228 valence electrons. The number of ether oxygens (including phenoxy) is 4. The first kappa shape index (κ1) is 30.3. The number of fused-ring (bicyclic) bond motifs is 5. The van der Waals surface area contributed by atoms with Gasteiger partial charge in [-0.25, -0.2) is 9.18 Å². The summed E-state index contributed by atoms with van der Waals surface area (Å²) in [5.41, 5.74) is -6.90. The van der Waals surface area contributed by atoms with Crippen molar-refractivity contribution < 1.29 is 52.7 Å². The Kier molecular flexibility index (Phi) is 7.19. The molecule has 1 saturated heterocycles. The molecule has 11 heteroatoms. The van der Waals surface area contributed by atoms with Crippen molar-refractivity contribution in [1.82, 2.24) is 0 Å². The fourth-order valence-corrected chi connectivity index (χ4v) is 7.87. The topological polar surface area (TPSA) is 146 Å². The fourth-order valence-electron chi connectivity index (χ4n) is 7.87. The maximum atomic E-state index is 16.6. The standard InChI is InChI=1S/C31H37FO10/c1-15-19(35)13-31(38)26(41-27(37)18-10-8-7-9-11-18)24-29(6,20(32)12-21-30(24,14-39-21)42-17(3)34)25(36)23(40-16(2)33)22(15)28(31,4)5/h7-11,19-21,23-24,26,35,38H,12-14H2,1-6H3/t19-,20?,21+,23+,24?,26?,29+,30-,31+/m0/s1. The number of hydrogen-bond donors (Lipinski definition) is 2. The molecule has 1 aromatic carbocycles. The summed E-state index contributed by atoms with van der Waals surface area (Å²) < 4.78 is 39.8. The first-order chi connectivity index (χ1) is 19.5. The number of carbonyl (C=O) groups is 4. The van der Waals surface area contributed by atoms with E-state index in [0.29, 0.717) is 0 Å². The molecule has 3 unspecified atom stereocenters. The lowest BCUT2D eigenvalue weighted by Crippen LogP contribution is -2.81. The molecule has 0 spiro atoms. The van der Waals surface area contributed by atoms with Crippen LogP contribution in [0.25, 0.3) is 0 Å². The van der Waals surface area contributed by atoms with Crippen molar-refractivity contribution >= 4 is 23.7 Å². The second kappa shape index (κ2) is 9.96. The second-order valence-corrected chi connectivity index (χ2v) is 12.7. The van der Waals surface area contributed by atoms with E-state index in [-0.39, 0.29) is 36.2 Å². The zero-order valence-corrected chi connectivity index (χ0v) is 24.5. The summed E-state index contributed by atoms with van der Waals surface area (Å²) in [5, 5.41) is 24.1. The number of alkyl halides is 1. The van der Waals surface area contributed by atoms with E-state index in [1.165, 1.54) is 19.1 Å². The van der Waals surface area contributed by atoms with Crippen LogP contribution < -0.4 is 0 Å². The number of aliphatic hydroxyl groups excluding tert-OH is 1. The number of rotatable bonds is 4.